The fourth-order valence-electron chi connectivity index (χ4n) is 1.90. The Bertz CT molecular complexity index is 628. The van der Waals surface area contributed by atoms with E-state index in [2.05, 4.69) is 22.4 Å². The van der Waals surface area contributed by atoms with E-state index < -0.39 is 0 Å². The molecule has 1 amide bonds. The van der Waals surface area contributed by atoms with Gasteiger partial charge in [0, 0.05) is 6.07 Å². The van der Waals surface area contributed by atoms with Crippen LogP contribution in [0.15, 0.2) is 35.1 Å². The van der Waals surface area contributed by atoms with Gasteiger partial charge in [-0.05, 0) is 24.1 Å². The largest absolute Gasteiger partial charge is 0.484 e. The van der Waals surface area contributed by atoms with Gasteiger partial charge in [0.25, 0.3) is 11.5 Å². The van der Waals surface area contributed by atoms with E-state index in [0.29, 0.717) is 11.4 Å². The van der Waals surface area contributed by atoms with Crippen molar-refractivity contribution in [1.82, 2.24) is 15.5 Å². The Morgan fingerprint density at radius 1 is 1.24 bits per heavy atom. The third-order valence-electron chi connectivity index (χ3n) is 2.96. The molecule has 0 saturated heterocycles. The van der Waals surface area contributed by atoms with Gasteiger partial charge in [-0.2, -0.15) is 0 Å². The highest BCUT2D eigenvalue weighted by molar-refractivity contribution is 5.77. The molecule has 0 saturated carbocycles. The molecule has 0 spiro atoms. The van der Waals surface area contributed by atoms with E-state index in [1.165, 1.54) is 11.6 Å². The van der Waals surface area contributed by atoms with Crippen molar-refractivity contribution in [2.24, 2.45) is 0 Å². The molecule has 0 unspecified atom stereocenters. The first kappa shape index (κ1) is 14.9. The minimum Gasteiger partial charge on any atom is -0.484 e. The van der Waals surface area contributed by atoms with E-state index >= 15 is 0 Å². The van der Waals surface area contributed by atoms with Gasteiger partial charge >= 0.3 is 0 Å². The van der Waals surface area contributed by atoms with E-state index in [0.717, 1.165) is 12.8 Å². The fraction of sp³-hybridized carbons (Fsp3) is 0.333. The Morgan fingerprint density at radius 3 is 2.62 bits per heavy atom. The first-order valence-corrected chi connectivity index (χ1v) is 6.92. The van der Waals surface area contributed by atoms with Gasteiger partial charge in [0.15, 0.2) is 6.61 Å². The summed E-state index contributed by atoms with van der Waals surface area (Å²) in [6.45, 7) is 2.34. The standard InChI is InChI=1S/C15H19N3O3/c1-2-3-11-4-6-13(7-5-11)21-10-15(20)16-9-12-8-14(19)18-17-12/h4-8H,2-3,9-10H2,1H3,(H,16,20)(H2,17,18,19). The molecule has 0 fully saturated rings. The summed E-state index contributed by atoms with van der Waals surface area (Å²) in [6.07, 6.45) is 2.14. The summed E-state index contributed by atoms with van der Waals surface area (Å²) in [6, 6.07) is 9.12. The van der Waals surface area contributed by atoms with Crippen molar-refractivity contribution < 1.29 is 9.53 Å². The molecule has 6 heteroatoms. The van der Waals surface area contributed by atoms with E-state index in [1.807, 2.05) is 24.3 Å². The summed E-state index contributed by atoms with van der Waals surface area (Å²) in [5, 5.41) is 7.72. The van der Waals surface area contributed by atoms with Gasteiger partial charge in [0.2, 0.25) is 0 Å². The van der Waals surface area contributed by atoms with Crippen LogP contribution in [0.3, 0.4) is 0 Å². The lowest BCUT2D eigenvalue weighted by molar-refractivity contribution is -0.123. The fourth-order valence-corrected chi connectivity index (χ4v) is 1.90. The Morgan fingerprint density at radius 2 is 2.00 bits per heavy atom. The molecule has 0 radical (unpaired) electrons. The number of aromatic nitrogens is 2. The molecule has 2 rings (SSSR count). The predicted molar refractivity (Wildman–Crippen MR) is 79.2 cm³/mol. The van der Waals surface area contributed by atoms with E-state index in [9.17, 15) is 9.59 Å². The van der Waals surface area contributed by atoms with Crippen molar-refractivity contribution in [3.05, 3.63) is 51.9 Å². The van der Waals surface area contributed by atoms with Crippen molar-refractivity contribution in [3.8, 4) is 5.75 Å². The molecule has 0 bridgehead atoms. The average molecular weight is 289 g/mol. The quantitative estimate of drug-likeness (QED) is 0.719. The number of ether oxygens (including phenoxy) is 1. The van der Waals surface area contributed by atoms with Crippen LogP contribution >= 0.6 is 0 Å². The topological polar surface area (TPSA) is 87.0 Å². The Balaban J connectivity index is 1.74. The molecule has 112 valence electrons. The summed E-state index contributed by atoms with van der Waals surface area (Å²) >= 11 is 0. The van der Waals surface area contributed by atoms with E-state index in [-0.39, 0.29) is 24.6 Å². The van der Waals surface area contributed by atoms with Crippen LogP contribution in [0.25, 0.3) is 0 Å². The monoisotopic (exact) mass is 289 g/mol. The maximum absolute atomic E-state index is 11.6. The number of nitrogens with one attached hydrogen (secondary N) is 3. The molecule has 1 aromatic heterocycles. The van der Waals surface area contributed by atoms with Crippen LogP contribution < -0.4 is 15.6 Å². The first-order valence-electron chi connectivity index (χ1n) is 6.92. The maximum Gasteiger partial charge on any atom is 0.264 e. The van der Waals surface area contributed by atoms with Crippen LogP contribution in [0.5, 0.6) is 5.75 Å². The average Bonchev–Trinajstić information content (AvgIpc) is 2.90. The maximum atomic E-state index is 11.6. The van der Waals surface area contributed by atoms with Gasteiger partial charge in [0.1, 0.15) is 5.75 Å². The van der Waals surface area contributed by atoms with Gasteiger partial charge in [-0.3, -0.25) is 14.7 Å². The van der Waals surface area contributed by atoms with Crippen molar-refractivity contribution >= 4 is 5.91 Å². The zero-order valence-electron chi connectivity index (χ0n) is 11.9. The third-order valence-corrected chi connectivity index (χ3v) is 2.96. The molecule has 1 aromatic carbocycles. The molecule has 1 heterocycles. The highest BCUT2D eigenvalue weighted by Crippen LogP contribution is 2.13. The zero-order valence-corrected chi connectivity index (χ0v) is 11.9. The van der Waals surface area contributed by atoms with Crippen LogP contribution in [0.2, 0.25) is 0 Å². The number of carbonyl (C=O) groups excluding carboxylic acids is 1. The number of hydrogen-bond donors (Lipinski definition) is 3. The summed E-state index contributed by atoms with van der Waals surface area (Å²) in [7, 11) is 0. The second-order valence-electron chi connectivity index (χ2n) is 4.74. The highest BCUT2D eigenvalue weighted by Gasteiger charge is 2.04. The lowest BCUT2D eigenvalue weighted by atomic mass is 10.1. The number of hydrogen-bond acceptors (Lipinski definition) is 3. The van der Waals surface area contributed by atoms with Gasteiger partial charge in [0.05, 0.1) is 12.2 Å². The van der Waals surface area contributed by atoms with Crippen molar-refractivity contribution in [2.75, 3.05) is 6.61 Å². The molecule has 0 atom stereocenters. The smallest absolute Gasteiger partial charge is 0.264 e. The predicted octanol–water partition coefficient (Wildman–Crippen LogP) is 1.35. The number of aromatic amines is 2. The summed E-state index contributed by atoms with van der Waals surface area (Å²) < 4.78 is 5.40. The highest BCUT2D eigenvalue weighted by atomic mass is 16.5. The summed E-state index contributed by atoms with van der Waals surface area (Å²) in [5.41, 5.74) is 1.66. The molecule has 0 aliphatic carbocycles. The van der Waals surface area contributed by atoms with E-state index in [4.69, 9.17) is 4.74 Å². The second-order valence-corrected chi connectivity index (χ2v) is 4.74. The summed E-state index contributed by atoms with van der Waals surface area (Å²) in [4.78, 5) is 22.5. The number of rotatable bonds is 7. The number of carbonyl (C=O) groups is 1. The van der Waals surface area contributed by atoms with Crippen molar-refractivity contribution in [3.63, 3.8) is 0 Å². The van der Waals surface area contributed by atoms with Gasteiger partial charge in [-0.1, -0.05) is 25.5 Å². The van der Waals surface area contributed by atoms with Gasteiger partial charge < -0.3 is 15.2 Å². The van der Waals surface area contributed by atoms with Gasteiger partial charge in [-0.15, -0.1) is 0 Å². The number of amides is 1. The van der Waals surface area contributed by atoms with E-state index in [1.54, 1.807) is 0 Å². The lowest BCUT2D eigenvalue weighted by Crippen LogP contribution is -2.28. The van der Waals surface area contributed by atoms with Gasteiger partial charge in [-0.25, -0.2) is 0 Å². The number of aryl methyl sites for hydroxylation is 1. The molecule has 2 aromatic rings. The third kappa shape index (κ3) is 4.83. The van der Waals surface area contributed by atoms with Crippen LogP contribution in [0.4, 0.5) is 0 Å². The van der Waals surface area contributed by atoms with Crippen LogP contribution in [0, 0.1) is 0 Å². The SMILES string of the molecule is CCCc1ccc(OCC(=O)NCc2cc(=O)[nH][nH]2)cc1. The van der Waals surface area contributed by atoms with Crippen LogP contribution in [-0.4, -0.2) is 22.7 Å². The first-order chi connectivity index (χ1) is 10.2. The molecular formula is C15H19N3O3. The van der Waals surface area contributed by atoms with Crippen LogP contribution in [0.1, 0.15) is 24.6 Å². The van der Waals surface area contributed by atoms with Crippen molar-refractivity contribution in [2.45, 2.75) is 26.3 Å². The number of benzene rings is 1. The lowest BCUT2D eigenvalue weighted by Gasteiger charge is -2.07. The molecule has 0 aliphatic heterocycles. The minimum atomic E-state index is -0.241. The Kier molecular flexibility index (Phi) is 5.20. The molecular weight excluding hydrogens is 270 g/mol. The molecule has 3 N–H and O–H groups in total. The van der Waals surface area contributed by atoms with Crippen LogP contribution in [-0.2, 0) is 17.8 Å². The Hall–Kier alpha value is -2.50. The summed E-state index contributed by atoms with van der Waals surface area (Å²) in [5.74, 6) is 0.426. The normalized spacial score (nSPS) is 10.3. The Labute approximate surface area is 122 Å². The van der Waals surface area contributed by atoms with Crippen molar-refractivity contribution in [1.29, 1.82) is 0 Å². The molecule has 6 nitrogen and oxygen atoms in total. The second kappa shape index (κ2) is 7.33. The molecule has 21 heavy (non-hydrogen) atoms. The zero-order chi connectivity index (χ0) is 15.1. The molecule has 0 aliphatic rings. The number of H-pyrrole nitrogens is 2. The minimum absolute atomic E-state index is 0.0538.